The highest BCUT2D eigenvalue weighted by Gasteiger charge is 2.45. The Bertz CT molecular complexity index is 1200. The third-order valence-corrected chi connectivity index (χ3v) is 6.72. The lowest BCUT2D eigenvalue weighted by molar-refractivity contribution is -0.132. The van der Waals surface area contributed by atoms with Gasteiger partial charge in [0.05, 0.1) is 12.2 Å². The number of anilines is 2. The van der Waals surface area contributed by atoms with Crippen molar-refractivity contribution in [2.45, 2.75) is 51.1 Å². The molecular formula is C29H31F2N3O2. The molecule has 1 aliphatic carbocycles. The van der Waals surface area contributed by atoms with Gasteiger partial charge in [0.15, 0.2) is 0 Å². The van der Waals surface area contributed by atoms with Gasteiger partial charge in [-0.2, -0.15) is 0 Å². The Morgan fingerprint density at radius 2 is 1.89 bits per heavy atom. The van der Waals surface area contributed by atoms with E-state index < -0.39 is 23.6 Å². The molecule has 1 saturated carbocycles. The number of carbonyl (C=O) groups is 2. The molecule has 1 unspecified atom stereocenters. The Morgan fingerprint density at radius 1 is 1.14 bits per heavy atom. The summed E-state index contributed by atoms with van der Waals surface area (Å²) >= 11 is 0. The van der Waals surface area contributed by atoms with E-state index in [4.69, 9.17) is 0 Å². The van der Waals surface area contributed by atoms with E-state index in [-0.39, 0.29) is 29.9 Å². The van der Waals surface area contributed by atoms with E-state index >= 15 is 0 Å². The van der Waals surface area contributed by atoms with Gasteiger partial charge in [-0.1, -0.05) is 56.2 Å². The summed E-state index contributed by atoms with van der Waals surface area (Å²) in [6.07, 6.45) is 10.2. The lowest BCUT2D eigenvalue weighted by Gasteiger charge is -2.34. The van der Waals surface area contributed by atoms with Crippen molar-refractivity contribution in [1.82, 2.24) is 4.90 Å². The predicted molar refractivity (Wildman–Crippen MR) is 138 cm³/mol. The van der Waals surface area contributed by atoms with Crippen LogP contribution in [0, 0.1) is 11.6 Å². The number of benzene rings is 2. The summed E-state index contributed by atoms with van der Waals surface area (Å²) in [5, 5.41) is 2.82. The third-order valence-electron chi connectivity index (χ3n) is 6.72. The van der Waals surface area contributed by atoms with Gasteiger partial charge in [-0.15, -0.1) is 0 Å². The molecule has 4 rings (SSSR count). The van der Waals surface area contributed by atoms with Crippen LogP contribution in [-0.2, 0) is 9.59 Å². The van der Waals surface area contributed by atoms with Gasteiger partial charge in [0.1, 0.15) is 17.7 Å². The number of rotatable bonds is 8. The first kappa shape index (κ1) is 25.4. The molecule has 5 nitrogen and oxygen atoms in total. The SMILES string of the molecule is C=CC1=C(/C=C\C)C(N(C(=O)CNc2ccccc2F)c2cccc(F)c2)C(=O)N1C1CCCCC1. The predicted octanol–water partition coefficient (Wildman–Crippen LogP) is 5.97. The van der Waals surface area contributed by atoms with Gasteiger partial charge in [-0.25, -0.2) is 8.78 Å². The van der Waals surface area contributed by atoms with Crippen LogP contribution in [0.25, 0.3) is 0 Å². The van der Waals surface area contributed by atoms with Gasteiger partial charge < -0.3 is 10.2 Å². The Labute approximate surface area is 210 Å². The average molecular weight is 492 g/mol. The van der Waals surface area contributed by atoms with Gasteiger partial charge in [0, 0.05) is 23.0 Å². The Kier molecular flexibility index (Phi) is 7.98. The highest BCUT2D eigenvalue weighted by atomic mass is 19.1. The second-order valence-corrected chi connectivity index (χ2v) is 9.02. The molecule has 1 N–H and O–H groups in total. The first-order valence-electron chi connectivity index (χ1n) is 12.3. The molecule has 188 valence electrons. The highest BCUT2D eigenvalue weighted by Crippen LogP contribution is 2.38. The monoisotopic (exact) mass is 491 g/mol. The van der Waals surface area contributed by atoms with Crippen LogP contribution >= 0.6 is 0 Å². The first-order chi connectivity index (χ1) is 17.5. The van der Waals surface area contributed by atoms with Crippen LogP contribution in [-0.4, -0.2) is 35.3 Å². The van der Waals surface area contributed by atoms with Crippen molar-refractivity contribution in [2.75, 3.05) is 16.8 Å². The second kappa shape index (κ2) is 11.3. The molecule has 36 heavy (non-hydrogen) atoms. The van der Waals surface area contributed by atoms with E-state index in [9.17, 15) is 18.4 Å². The molecule has 2 aliphatic rings. The molecule has 0 bridgehead atoms. The smallest absolute Gasteiger partial charge is 0.255 e. The number of nitrogens with one attached hydrogen (secondary N) is 1. The molecule has 0 saturated heterocycles. The van der Waals surface area contributed by atoms with E-state index in [1.807, 2.05) is 19.1 Å². The number of hydrogen-bond acceptors (Lipinski definition) is 3. The summed E-state index contributed by atoms with van der Waals surface area (Å²) in [5.74, 6) is -1.75. The zero-order chi connectivity index (χ0) is 25.7. The van der Waals surface area contributed by atoms with E-state index in [0.717, 1.165) is 32.1 Å². The fourth-order valence-electron chi connectivity index (χ4n) is 5.12. The molecule has 7 heteroatoms. The van der Waals surface area contributed by atoms with E-state index in [1.165, 1.54) is 35.2 Å². The maximum absolute atomic E-state index is 14.3. The van der Waals surface area contributed by atoms with Gasteiger partial charge >= 0.3 is 0 Å². The number of hydrogen-bond donors (Lipinski definition) is 1. The number of halogens is 2. The number of allylic oxidation sites excluding steroid dienone is 2. The molecule has 1 aliphatic heterocycles. The van der Waals surface area contributed by atoms with Crippen LogP contribution in [0.15, 0.2) is 84.6 Å². The maximum Gasteiger partial charge on any atom is 0.255 e. The van der Waals surface area contributed by atoms with Crippen LogP contribution in [0.3, 0.4) is 0 Å². The molecule has 2 amide bonds. The number of carbonyl (C=O) groups excluding carboxylic acids is 2. The standard InChI is InChI=1S/C29H31F2N3O2/c1-3-11-23-26(4-2)33(21-13-6-5-7-14-21)29(36)28(23)34(22-15-10-12-20(30)18-22)27(35)19-32-25-17-9-8-16-24(25)31/h3-4,8-12,15-18,21,28,32H,2,5-7,13-14,19H2,1H3/b11-3-. The van der Waals surface area contributed by atoms with Crippen molar-refractivity contribution in [2.24, 2.45) is 0 Å². The van der Waals surface area contributed by atoms with Crippen LogP contribution in [0.2, 0.25) is 0 Å². The maximum atomic E-state index is 14.3. The van der Waals surface area contributed by atoms with E-state index in [2.05, 4.69) is 11.9 Å². The summed E-state index contributed by atoms with van der Waals surface area (Å²) in [6.45, 7) is 5.52. The van der Waals surface area contributed by atoms with Crippen molar-refractivity contribution in [1.29, 1.82) is 0 Å². The van der Waals surface area contributed by atoms with Gasteiger partial charge in [0.2, 0.25) is 5.91 Å². The Balaban J connectivity index is 1.75. The molecule has 0 radical (unpaired) electrons. The Morgan fingerprint density at radius 3 is 2.56 bits per heavy atom. The first-order valence-corrected chi connectivity index (χ1v) is 12.3. The fourth-order valence-corrected chi connectivity index (χ4v) is 5.12. The fraction of sp³-hybridized carbons (Fsp3) is 0.310. The van der Waals surface area contributed by atoms with Crippen LogP contribution in [0.5, 0.6) is 0 Å². The summed E-state index contributed by atoms with van der Waals surface area (Å²) in [7, 11) is 0. The van der Waals surface area contributed by atoms with Crippen molar-refractivity contribution in [3.63, 3.8) is 0 Å². The number of amides is 2. The third kappa shape index (κ3) is 5.10. The minimum Gasteiger partial charge on any atom is -0.374 e. The van der Waals surface area contributed by atoms with Gasteiger partial charge in [-0.05, 0) is 56.2 Å². The number of nitrogens with zero attached hydrogens (tertiary/aromatic N) is 2. The largest absolute Gasteiger partial charge is 0.374 e. The topological polar surface area (TPSA) is 52.7 Å². The lowest BCUT2D eigenvalue weighted by Crippen LogP contribution is -2.51. The normalized spacial score (nSPS) is 18.7. The van der Waals surface area contributed by atoms with Crippen molar-refractivity contribution in [3.05, 3.63) is 96.2 Å². The zero-order valence-corrected chi connectivity index (χ0v) is 20.4. The summed E-state index contributed by atoms with van der Waals surface area (Å²) in [6, 6.07) is 10.7. The van der Waals surface area contributed by atoms with Crippen LogP contribution in [0.1, 0.15) is 39.0 Å². The van der Waals surface area contributed by atoms with Crippen molar-refractivity contribution < 1.29 is 18.4 Å². The summed E-state index contributed by atoms with van der Waals surface area (Å²) < 4.78 is 28.5. The molecule has 0 aromatic heterocycles. The molecule has 1 fully saturated rings. The Hall–Kier alpha value is -3.74. The van der Waals surface area contributed by atoms with Crippen LogP contribution in [0.4, 0.5) is 20.2 Å². The van der Waals surface area contributed by atoms with E-state index in [1.54, 1.807) is 29.2 Å². The summed E-state index contributed by atoms with van der Waals surface area (Å²) in [4.78, 5) is 30.8. The van der Waals surface area contributed by atoms with Crippen LogP contribution < -0.4 is 10.2 Å². The molecule has 1 atom stereocenters. The van der Waals surface area contributed by atoms with Crippen molar-refractivity contribution in [3.8, 4) is 0 Å². The highest BCUT2D eigenvalue weighted by molar-refractivity contribution is 6.06. The van der Waals surface area contributed by atoms with Gasteiger partial charge in [0.25, 0.3) is 5.91 Å². The summed E-state index contributed by atoms with van der Waals surface area (Å²) in [5.41, 5.74) is 1.73. The zero-order valence-electron chi connectivity index (χ0n) is 20.4. The van der Waals surface area contributed by atoms with E-state index in [0.29, 0.717) is 11.3 Å². The number of para-hydroxylation sites is 1. The second-order valence-electron chi connectivity index (χ2n) is 9.02. The quantitative estimate of drug-likeness (QED) is 0.495. The lowest BCUT2D eigenvalue weighted by atomic mass is 9.94. The molecule has 1 heterocycles. The van der Waals surface area contributed by atoms with Crippen molar-refractivity contribution >= 4 is 23.2 Å². The minimum absolute atomic E-state index is 0.0190. The molecular weight excluding hydrogens is 460 g/mol. The van der Waals surface area contributed by atoms with Gasteiger partial charge in [-0.3, -0.25) is 14.5 Å². The minimum atomic E-state index is -0.993. The average Bonchev–Trinajstić information content (AvgIpc) is 3.15. The molecule has 0 spiro atoms. The molecule has 2 aromatic carbocycles. The molecule has 2 aromatic rings.